The zero-order chi connectivity index (χ0) is 10.1. The molecule has 0 bridgehead atoms. The van der Waals surface area contributed by atoms with Crippen molar-refractivity contribution in [3.8, 4) is 0 Å². The predicted octanol–water partition coefficient (Wildman–Crippen LogP) is 2.12. The number of aryl methyl sites for hydroxylation is 1. The van der Waals surface area contributed by atoms with Gasteiger partial charge in [-0.1, -0.05) is 0 Å². The second-order valence-electron chi connectivity index (χ2n) is 3.03. The van der Waals surface area contributed by atoms with Crippen LogP contribution in [-0.2, 0) is 0 Å². The molecule has 0 atom stereocenters. The Labute approximate surface area is 81.0 Å². The minimum Gasteiger partial charge on any atom is -0.373 e. The van der Waals surface area contributed by atoms with Gasteiger partial charge in [0.05, 0.1) is 5.52 Å². The topological polar surface area (TPSA) is 37.8 Å². The third kappa shape index (κ3) is 1.39. The lowest BCUT2D eigenvalue weighted by atomic mass is 10.2. The van der Waals surface area contributed by atoms with E-state index in [2.05, 4.69) is 15.3 Å². The van der Waals surface area contributed by atoms with Gasteiger partial charge in [-0.3, -0.25) is 0 Å². The molecule has 3 nitrogen and oxygen atoms in total. The van der Waals surface area contributed by atoms with Crippen LogP contribution in [0.15, 0.2) is 18.2 Å². The first-order valence-corrected chi connectivity index (χ1v) is 4.32. The number of nitrogens with zero attached hydrogens (tertiary/aromatic N) is 2. The summed E-state index contributed by atoms with van der Waals surface area (Å²) in [7, 11) is 1.76. The Morgan fingerprint density at radius 3 is 2.79 bits per heavy atom. The fraction of sp³-hybridized carbons (Fsp3) is 0.200. The van der Waals surface area contributed by atoms with E-state index in [4.69, 9.17) is 0 Å². The largest absolute Gasteiger partial charge is 0.373 e. The number of benzene rings is 1. The molecule has 1 N–H and O–H groups in total. The summed E-state index contributed by atoms with van der Waals surface area (Å²) in [4.78, 5) is 8.38. The normalized spacial score (nSPS) is 10.5. The van der Waals surface area contributed by atoms with E-state index in [1.54, 1.807) is 13.1 Å². The van der Waals surface area contributed by atoms with Crippen molar-refractivity contribution in [2.75, 3.05) is 12.4 Å². The number of anilines is 1. The first kappa shape index (κ1) is 8.87. The molecule has 0 unspecified atom stereocenters. The number of hydrogen-bond acceptors (Lipinski definition) is 3. The molecule has 0 aliphatic carbocycles. The molecule has 1 heterocycles. The summed E-state index contributed by atoms with van der Waals surface area (Å²) in [6.07, 6.45) is 0. The average molecular weight is 191 g/mol. The summed E-state index contributed by atoms with van der Waals surface area (Å²) in [6, 6.07) is 4.48. The highest BCUT2D eigenvalue weighted by molar-refractivity contribution is 5.88. The average Bonchev–Trinajstić information content (AvgIpc) is 2.17. The number of aromatic nitrogens is 2. The van der Waals surface area contributed by atoms with Crippen LogP contribution in [0.25, 0.3) is 10.9 Å². The number of halogens is 1. The highest BCUT2D eigenvalue weighted by Gasteiger charge is 2.04. The Morgan fingerprint density at radius 1 is 1.29 bits per heavy atom. The molecule has 0 spiro atoms. The highest BCUT2D eigenvalue weighted by atomic mass is 19.1. The minimum absolute atomic E-state index is 0.276. The van der Waals surface area contributed by atoms with Crippen LogP contribution in [0.5, 0.6) is 0 Å². The third-order valence-corrected chi connectivity index (χ3v) is 2.01. The van der Waals surface area contributed by atoms with Gasteiger partial charge in [0.1, 0.15) is 17.5 Å². The Kier molecular flexibility index (Phi) is 2.04. The SMILES string of the molecule is CNc1nc(C)nc2ccc(F)cc12. The summed E-state index contributed by atoms with van der Waals surface area (Å²) in [6.45, 7) is 1.81. The number of hydrogen-bond donors (Lipinski definition) is 1. The lowest BCUT2D eigenvalue weighted by Gasteiger charge is -2.05. The van der Waals surface area contributed by atoms with Gasteiger partial charge in [-0.25, -0.2) is 14.4 Å². The lowest BCUT2D eigenvalue weighted by Crippen LogP contribution is -1.98. The Hall–Kier alpha value is -1.71. The lowest BCUT2D eigenvalue weighted by molar-refractivity contribution is 0.629. The molecule has 0 fully saturated rings. The monoisotopic (exact) mass is 191 g/mol. The van der Waals surface area contributed by atoms with Gasteiger partial charge in [-0.2, -0.15) is 0 Å². The highest BCUT2D eigenvalue weighted by Crippen LogP contribution is 2.20. The Balaban J connectivity index is 2.81. The molecule has 4 heteroatoms. The summed E-state index contributed by atoms with van der Waals surface area (Å²) in [5, 5.41) is 3.63. The van der Waals surface area contributed by atoms with Gasteiger partial charge in [0, 0.05) is 12.4 Å². The van der Waals surface area contributed by atoms with E-state index in [0.29, 0.717) is 17.0 Å². The van der Waals surface area contributed by atoms with E-state index in [1.807, 2.05) is 6.92 Å². The van der Waals surface area contributed by atoms with Crippen molar-refractivity contribution < 1.29 is 4.39 Å². The van der Waals surface area contributed by atoms with Crippen LogP contribution in [0.1, 0.15) is 5.82 Å². The van der Waals surface area contributed by atoms with Gasteiger partial charge in [-0.15, -0.1) is 0 Å². The van der Waals surface area contributed by atoms with Crippen LogP contribution in [0.2, 0.25) is 0 Å². The van der Waals surface area contributed by atoms with Crippen LogP contribution < -0.4 is 5.32 Å². The standard InChI is InChI=1S/C10H10FN3/c1-6-13-9-4-3-7(11)5-8(9)10(12-2)14-6/h3-5H,1-2H3,(H,12,13,14). The second-order valence-corrected chi connectivity index (χ2v) is 3.03. The summed E-state index contributed by atoms with van der Waals surface area (Å²) in [5.41, 5.74) is 0.753. The van der Waals surface area contributed by atoms with Crippen molar-refractivity contribution in [1.82, 2.24) is 9.97 Å². The fourth-order valence-corrected chi connectivity index (χ4v) is 1.41. The molecule has 1 aromatic heterocycles. The van der Waals surface area contributed by atoms with Crippen molar-refractivity contribution in [2.45, 2.75) is 6.92 Å². The molecule has 0 amide bonds. The molecule has 0 saturated carbocycles. The summed E-state index contributed by atoms with van der Waals surface area (Å²) >= 11 is 0. The number of nitrogens with one attached hydrogen (secondary N) is 1. The number of fused-ring (bicyclic) bond motifs is 1. The smallest absolute Gasteiger partial charge is 0.137 e. The molecule has 0 aliphatic heterocycles. The predicted molar refractivity (Wildman–Crippen MR) is 53.8 cm³/mol. The van der Waals surface area contributed by atoms with E-state index >= 15 is 0 Å². The van der Waals surface area contributed by atoms with Crippen molar-refractivity contribution >= 4 is 16.7 Å². The maximum absolute atomic E-state index is 13.0. The van der Waals surface area contributed by atoms with Crippen molar-refractivity contribution in [2.24, 2.45) is 0 Å². The molecular weight excluding hydrogens is 181 g/mol. The van der Waals surface area contributed by atoms with Crippen LogP contribution in [-0.4, -0.2) is 17.0 Å². The van der Waals surface area contributed by atoms with Crippen LogP contribution in [0.3, 0.4) is 0 Å². The number of rotatable bonds is 1. The second kappa shape index (κ2) is 3.21. The van der Waals surface area contributed by atoms with E-state index in [0.717, 1.165) is 5.52 Å². The maximum atomic E-state index is 13.0. The molecule has 0 saturated heterocycles. The molecule has 0 aliphatic rings. The van der Waals surface area contributed by atoms with Gasteiger partial charge in [0.15, 0.2) is 0 Å². The molecular formula is C10H10FN3. The third-order valence-electron chi connectivity index (χ3n) is 2.01. The summed E-state index contributed by atoms with van der Waals surface area (Å²) in [5.74, 6) is 1.06. The van der Waals surface area contributed by atoms with Crippen LogP contribution in [0.4, 0.5) is 10.2 Å². The first-order chi connectivity index (χ1) is 6.70. The van der Waals surface area contributed by atoms with Crippen molar-refractivity contribution in [1.29, 1.82) is 0 Å². The van der Waals surface area contributed by atoms with Gasteiger partial charge >= 0.3 is 0 Å². The van der Waals surface area contributed by atoms with E-state index in [1.165, 1.54) is 12.1 Å². The molecule has 2 aromatic rings. The Bertz CT molecular complexity index is 482. The molecule has 14 heavy (non-hydrogen) atoms. The zero-order valence-corrected chi connectivity index (χ0v) is 8.00. The van der Waals surface area contributed by atoms with E-state index in [9.17, 15) is 4.39 Å². The molecule has 0 radical (unpaired) electrons. The van der Waals surface area contributed by atoms with Gasteiger partial charge in [-0.05, 0) is 25.1 Å². The molecule has 72 valence electrons. The Morgan fingerprint density at radius 2 is 2.07 bits per heavy atom. The van der Waals surface area contributed by atoms with Crippen molar-refractivity contribution in [3.63, 3.8) is 0 Å². The minimum atomic E-state index is -0.276. The first-order valence-electron chi connectivity index (χ1n) is 4.32. The van der Waals surface area contributed by atoms with Gasteiger partial charge < -0.3 is 5.32 Å². The van der Waals surface area contributed by atoms with Crippen LogP contribution in [0, 0.1) is 12.7 Å². The van der Waals surface area contributed by atoms with Crippen molar-refractivity contribution in [3.05, 3.63) is 29.8 Å². The van der Waals surface area contributed by atoms with Gasteiger partial charge in [0.2, 0.25) is 0 Å². The summed E-state index contributed by atoms with van der Waals surface area (Å²) < 4.78 is 13.0. The van der Waals surface area contributed by atoms with E-state index in [-0.39, 0.29) is 5.82 Å². The molecule has 2 rings (SSSR count). The zero-order valence-electron chi connectivity index (χ0n) is 8.00. The van der Waals surface area contributed by atoms with Crippen LogP contribution >= 0.6 is 0 Å². The fourth-order valence-electron chi connectivity index (χ4n) is 1.41. The molecule has 1 aromatic carbocycles. The maximum Gasteiger partial charge on any atom is 0.137 e. The van der Waals surface area contributed by atoms with E-state index < -0.39 is 0 Å². The van der Waals surface area contributed by atoms with Gasteiger partial charge in [0.25, 0.3) is 0 Å². The quantitative estimate of drug-likeness (QED) is 0.750.